The van der Waals surface area contributed by atoms with E-state index < -0.39 is 17.7 Å². The van der Waals surface area contributed by atoms with E-state index in [1.54, 1.807) is 0 Å². The van der Waals surface area contributed by atoms with Crippen LogP contribution in [0.3, 0.4) is 0 Å². The number of nitriles is 1. The van der Waals surface area contributed by atoms with Crippen LogP contribution in [0.5, 0.6) is 0 Å². The van der Waals surface area contributed by atoms with Gasteiger partial charge in [0.15, 0.2) is 0 Å². The Morgan fingerprint density at radius 1 is 1.22 bits per heavy atom. The minimum atomic E-state index is -0.975. The molecule has 3 rings (SSSR count). The Bertz CT molecular complexity index is 806. The lowest BCUT2D eigenvalue weighted by Gasteiger charge is -2.29. The van der Waals surface area contributed by atoms with Gasteiger partial charge in [0, 0.05) is 19.6 Å². The van der Waals surface area contributed by atoms with Gasteiger partial charge in [0.2, 0.25) is 5.91 Å². The lowest BCUT2D eigenvalue weighted by atomic mass is 9.98. The van der Waals surface area contributed by atoms with Gasteiger partial charge in [0.1, 0.15) is 11.6 Å². The van der Waals surface area contributed by atoms with E-state index in [-0.39, 0.29) is 11.8 Å². The number of likely N-dealkylation sites (tertiary alicyclic amines) is 1. The van der Waals surface area contributed by atoms with Crippen molar-refractivity contribution in [3.05, 3.63) is 35.9 Å². The highest BCUT2D eigenvalue weighted by Crippen LogP contribution is 2.23. The van der Waals surface area contributed by atoms with Gasteiger partial charge in [-0.1, -0.05) is 44.2 Å². The lowest BCUT2D eigenvalue weighted by Crippen LogP contribution is -2.57. The minimum Gasteiger partial charge on any atom is -0.379 e. The predicted molar refractivity (Wildman–Crippen MR) is 118 cm³/mol. The number of hydrogen-bond donors (Lipinski definition) is 2. The Morgan fingerprint density at radius 2 is 1.94 bits per heavy atom. The summed E-state index contributed by atoms with van der Waals surface area (Å²) in [5.74, 6) is -0.189. The first-order chi connectivity index (χ1) is 15.4. The molecule has 0 spiro atoms. The average Bonchev–Trinajstić information content (AvgIpc) is 3.17. The molecule has 0 aliphatic carbocycles. The van der Waals surface area contributed by atoms with Gasteiger partial charge in [-0.2, -0.15) is 5.26 Å². The first kappa shape index (κ1) is 24.0. The maximum atomic E-state index is 13.1. The molecule has 2 saturated heterocycles. The van der Waals surface area contributed by atoms with Crippen LogP contribution in [0.15, 0.2) is 30.3 Å². The van der Waals surface area contributed by atoms with Crippen molar-refractivity contribution in [1.82, 2.24) is 20.6 Å². The van der Waals surface area contributed by atoms with Gasteiger partial charge < -0.3 is 20.2 Å². The number of amides is 2. The third kappa shape index (κ3) is 6.92. The smallest absolute Gasteiger partial charge is 0.379 e. The fourth-order valence-electron chi connectivity index (χ4n) is 4.04. The monoisotopic (exact) mass is 443 g/mol. The van der Waals surface area contributed by atoms with Gasteiger partial charge in [-0.15, -0.1) is 5.06 Å². The summed E-state index contributed by atoms with van der Waals surface area (Å²) in [4.78, 5) is 33.0. The third-order valence-corrected chi connectivity index (χ3v) is 5.67. The van der Waals surface area contributed by atoms with E-state index in [4.69, 9.17) is 9.57 Å². The van der Waals surface area contributed by atoms with Crippen LogP contribution in [0.25, 0.3) is 0 Å². The second kappa shape index (κ2) is 11.3. The Morgan fingerprint density at radius 3 is 2.59 bits per heavy atom. The molecule has 2 heterocycles. The largest absolute Gasteiger partial charge is 0.426 e. The van der Waals surface area contributed by atoms with E-state index >= 15 is 0 Å². The average molecular weight is 444 g/mol. The third-order valence-electron chi connectivity index (χ3n) is 5.67. The molecular weight excluding hydrogens is 410 g/mol. The molecule has 2 N–H and O–H groups in total. The van der Waals surface area contributed by atoms with E-state index in [0.717, 1.165) is 12.1 Å². The highest BCUT2D eigenvalue weighted by molar-refractivity contribution is 5.86. The van der Waals surface area contributed by atoms with Gasteiger partial charge in [-0.05, 0) is 24.3 Å². The fraction of sp³-hybridized carbons (Fsp3) is 0.609. The Hall–Kier alpha value is -2.67. The van der Waals surface area contributed by atoms with Crippen LogP contribution in [-0.2, 0) is 20.9 Å². The maximum Gasteiger partial charge on any atom is 0.426 e. The minimum absolute atomic E-state index is 0.172. The van der Waals surface area contributed by atoms with Crippen LogP contribution in [0.2, 0.25) is 0 Å². The van der Waals surface area contributed by atoms with E-state index in [9.17, 15) is 14.9 Å². The molecule has 2 amide bonds. The Labute approximate surface area is 189 Å². The number of carbonyl (C=O) groups excluding carboxylic acids is 2. The molecule has 0 radical (unpaired) electrons. The highest BCUT2D eigenvalue weighted by Gasteiger charge is 2.41. The van der Waals surface area contributed by atoms with Crippen molar-refractivity contribution < 1.29 is 19.2 Å². The lowest BCUT2D eigenvalue weighted by molar-refractivity contribution is -0.147. The number of morpholine rings is 1. The zero-order valence-electron chi connectivity index (χ0n) is 18.9. The molecule has 1 aromatic rings. The van der Waals surface area contributed by atoms with E-state index in [2.05, 4.69) is 21.6 Å². The number of carbonyl (C=O) groups is 2. The second-order valence-electron chi connectivity index (χ2n) is 8.88. The van der Waals surface area contributed by atoms with Crippen LogP contribution in [0.4, 0.5) is 4.79 Å². The van der Waals surface area contributed by atoms with Crippen molar-refractivity contribution in [3.63, 3.8) is 0 Å². The summed E-state index contributed by atoms with van der Waals surface area (Å²) in [5, 5.41) is 17.0. The van der Waals surface area contributed by atoms with Crippen molar-refractivity contribution in [2.75, 3.05) is 39.4 Å². The summed E-state index contributed by atoms with van der Waals surface area (Å²) in [6.07, 6.45) is 0.310. The molecule has 2 aliphatic heterocycles. The molecule has 0 aromatic heterocycles. The van der Waals surface area contributed by atoms with Crippen LogP contribution in [0.1, 0.15) is 32.3 Å². The summed E-state index contributed by atoms with van der Waals surface area (Å²) in [6, 6.07) is 11.6. The predicted octanol–water partition coefficient (Wildman–Crippen LogP) is 1.66. The maximum absolute atomic E-state index is 13.1. The van der Waals surface area contributed by atoms with Crippen molar-refractivity contribution in [3.8, 4) is 6.07 Å². The van der Waals surface area contributed by atoms with Crippen molar-refractivity contribution in [2.24, 2.45) is 5.92 Å². The number of rotatable bonds is 8. The Balaban J connectivity index is 1.58. The summed E-state index contributed by atoms with van der Waals surface area (Å²) in [5.41, 5.74) is 0.189. The first-order valence-corrected chi connectivity index (χ1v) is 11.2. The second-order valence-corrected chi connectivity index (χ2v) is 8.88. The van der Waals surface area contributed by atoms with Gasteiger partial charge in [-0.25, -0.2) is 4.79 Å². The zero-order chi connectivity index (χ0) is 23.0. The number of hydroxylamine groups is 2. The van der Waals surface area contributed by atoms with E-state index in [0.29, 0.717) is 52.2 Å². The molecule has 1 aromatic carbocycles. The van der Waals surface area contributed by atoms with E-state index in [1.165, 1.54) is 5.06 Å². The van der Waals surface area contributed by atoms with Gasteiger partial charge in [-0.3, -0.25) is 9.69 Å². The summed E-state index contributed by atoms with van der Waals surface area (Å²) >= 11 is 0. The molecule has 174 valence electrons. The van der Waals surface area contributed by atoms with Crippen LogP contribution < -0.4 is 10.6 Å². The van der Waals surface area contributed by atoms with Crippen molar-refractivity contribution in [2.45, 2.75) is 44.8 Å². The molecule has 0 bridgehead atoms. The van der Waals surface area contributed by atoms with Crippen LogP contribution in [0, 0.1) is 17.2 Å². The molecule has 2 fully saturated rings. The summed E-state index contributed by atoms with van der Waals surface area (Å²) in [7, 11) is 0. The zero-order valence-corrected chi connectivity index (χ0v) is 18.9. The number of ether oxygens (including phenoxy) is 1. The number of benzene rings is 1. The quantitative estimate of drug-likeness (QED) is 0.629. The highest BCUT2D eigenvalue weighted by atomic mass is 16.7. The number of nitrogens with zero attached hydrogens (tertiary/aromatic N) is 3. The van der Waals surface area contributed by atoms with Gasteiger partial charge in [0.05, 0.1) is 32.4 Å². The molecule has 9 nitrogen and oxygen atoms in total. The molecule has 2 aliphatic rings. The van der Waals surface area contributed by atoms with Gasteiger partial charge in [0.25, 0.3) is 0 Å². The van der Waals surface area contributed by atoms with Crippen molar-refractivity contribution in [1.29, 1.82) is 5.26 Å². The normalized spacial score (nSPS) is 22.8. The molecular formula is C23H33N5O4. The Kier molecular flexibility index (Phi) is 8.45. The summed E-state index contributed by atoms with van der Waals surface area (Å²) in [6.45, 7) is 7.80. The molecule has 9 heteroatoms. The molecule has 2 unspecified atom stereocenters. The fourth-order valence-corrected chi connectivity index (χ4v) is 4.04. The first-order valence-electron chi connectivity index (χ1n) is 11.2. The van der Waals surface area contributed by atoms with Crippen LogP contribution >= 0.6 is 0 Å². The molecule has 32 heavy (non-hydrogen) atoms. The van der Waals surface area contributed by atoms with E-state index in [1.807, 2.05) is 44.2 Å². The topological polar surface area (TPSA) is 107 Å². The molecule has 0 saturated carbocycles. The van der Waals surface area contributed by atoms with Crippen LogP contribution in [-0.4, -0.2) is 72.9 Å². The summed E-state index contributed by atoms with van der Waals surface area (Å²) < 4.78 is 5.25. The molecule has 2 atom stereocenters. The van der Waals surface area contributed by atoms with Crippen molar-refractivity contribution >= 4 is 12.0 Å². The van der Waals surface area contributed by atoms with Gasteiger partial charge >= 0.3 is 6.09 Å². The number of nitrogens with one attached hydrogen (secondary N) is 2. The standard InChI is InChI=1S/C23H33N5O4/c1-18(2)14-20(25-22(30)32-28-10-12-31-13-11-28)21(29)26-23(16-24)8-9-27(17-23)15-19-6-4-3-5-7-19/h3-7,18,20H,8-15,17H2,1-2H3,(H,25,30)(H,26,29). The number of hydrogen-bond acceptors (Lipinski definition) is 7. The SMILES string of the molecule is CC(C)CC(NC(=O)ON1CCOCC1)C(=O)NC1(C#N)CCN(Cc2ccccc2)C1.